The summed E-state index contributed by atoms with van der Waals surface area (Å²) in [6, 6.07) is 10.2. The van der Waals surface area contributed by atoms with E-state index in [0.29, 0.717) is 12.0 Å². The van der Waals surface area contributed by atoms with Gasteiger partial charge in [0.2, 0.25) is 5.95 Å². The first-order valence-corrected chi connectivity index (χ1v) is 9.06. The van der Waals surface area contributed by atoms with Gasteiger partial charge in [-0.15, -0.1) is 0 Å². The Morgan fingerprint density at radius 1 is 1.08 bits per heavy atom. The van der Waals surface area contributed by atoms with Crippen molar-refractivity contribution in [1.29, 1.82) is 0 Å². The van der Waals surface area contributed by atoms with Crippen molar-refractivity contribution >= 4 is 29.1 Å². The molecular formula is C20H20ClN5. The van der Waals surface area contributed by atoms with Gasteiger partial charge in [-0.1, -0.05) is 11.6 Å². The fourth-order valence-electron chi connectivity index (χ4n) is 2.88. The number of pyridine rings is 1. The number of halogens is 1. The smallest absolute Gasteiger partial charge is 0.225 e. The van der Waals surface area contributed by atoms with Gasteiger partial charge in [-0.2, -0.15) is 4.98 Å². The monoisotopic (exact) mass is 365 g/mol. The van der Waals surface area contributed by atoms with Crippen LogP contribution in [-0.4, -0.2) is 21.0 Å². The average Bonchev–Trinajstić information content (AvgIpc) is 3.43. The van der Waals surface area contributed by atoms with E-state index in [2.05, 4.69) is 25.6 Å². The van der Waals surface area contributed by atoms with E-state index in [1.807, 2.05) is 50.4 Å². The van der Waals surface area contributed by atoms with Crippen LogP contribution in [0.3, 0.4) is 0 Å². The second kappa shape index (κ2) is 6.92. The van der Waals surface area contributed by atoms with Gasteiger partial charge in [0.1, 0.15) is 5.82 Å². The van der Waals surface area contributed by atoms with Gasteiger partial charge in [-0.3, -0.25) is 4.98 Å². The number of aromatic nitrogens is 3. The number of nitrogens with one attached hydrogen (secondary N) is 2. The van der Waals surface area contributed by atoms with Gasteiger partial charge < -0.3 is 10.6 Å². The number of benzene rings is 1. The number of hydrogen-bond acceptors (Lipinski definition) is 5. The summed E-state index contributed by atoms with van der Waals surface area (Å²) in [6.45, 7) is 4.07. The van der Waals surface area contributed by atoms with Crippen molar-refractivity contribution in [1.82, 2.24) is 15.0 Å². The number of anilines is 3. The highest BCUT2D eigenvalue weighted by molar-refractivity contribution is 6.30. The molecule has 1 fully saturated rings. The normalized spacial score (nSPS) is 13.5. The maximum atomic E-state index is 6.15. The Kier molecular flexibility index (Phi) is 4.47. The first-order valence-electron chi connectivity index (χ1n) is 8.68. The first kappa shape index (κ1) is 16.8. The molecule has 0 radical (unpaired) electrons. The molecule has 5 nitrogen and oxygen atoms in total. The summed E-state index contributed by atoms with van der Waals surface area (Å²) in [4.78, 5) is 13.5. The molecule has 2 N–H and O–H groups in total. The van der Waals surface area contributed by atoms with Crippen LogP contribution in [0.4, 0.5) is 17.5 Å². The Bertz CT molecular complexity index is 915. The zero-order valence-corrected chi connectivity index (χ0v) is 15.5. The van der Waals surface area contributed by atoms with Gasteiger partial charge in [0, 0.05) is 40.8 Å². The molecule has 3 aromatic rings. The van der Waals surface area contributed by atoms with E-state index in [0.717, 1.165) is 38.9 Å². The summed E-state index contributed by atoms with van der Waals surface area (Å²) in [7, 11) is 0. The van der Waals surface area contributed by atoms with Crippen LogP contribution in [0.15, 0.2) is 42.7 Å². The molecule has 26 heavy (non-hydrogen) atoms. The van der Waals surface area contributed by atoms with E-state index < -0.39 is 0 Å². The predicted octanol–water partition coefficient (Wildman–Crippen LogP) is 5.13. The molecule has 1 aromatic carbocycles. The molecule has 0 unspecified atom stereocenters. The van der Waals surface area contributed by atoms with Crippen molar-refractivity contribution in [3.8, 4) is 11.3 Å². The van der Waals surface area contributed by atoms with Crippen molar-refractivity contribution in [2.75, 3.05) is 10.6 Å². The van der Waals surface area contributed by atoms with Gasteiger partial charge in [-0.05, 0) is 62.1 Å². The molecule has 0 saturated heterocycles. The molecule has 0 amide bonds. The van der Waals surface area contributed by atoms with Crippen LogP contribution < -0.4 is 10.6 Å². The molecule has 0 spiro atoms. The third kappa shape index (κ3) is 3.78. The lowest BCUT2D eigenvalue weighted by atomic mass is 10.1. The molecule has 0 atom stereocenters. The molecule has 1 aliphatic rings. The standard InChI is InChI=1S/C20H20ClN5/c1-12-8-15(21)9-13(2)19(12)25-18-10-17(14-4-3-7-22-11-14)24-20(26-18)23-16-5-6-16/h3-4,7-11,16H,5-6H2,1-2H3,(H2,23,24,25,26). The predicted molar refractivity (Wildman–Crippen MR) is 106 cm³/mol. The molecular weight excluding hydrogens is 346 g/mol. The van der Waals surface area contributed by atoms with E-state index in [4.69, 9.17) is 11.6 Å². The summed E-state index contributed by atoms with van der Waals surface area (Å²) in [6.07, 6.45) is 5.90. The molecule has 1 aliphatic carbocycles. The van der Waals surface area contributed by atoms with E-state index >= 15 is 0 Å². The van der Waals surface area contributed by atoms with Gasteiger partial charge in [0.15, 0.2) is 0 Å². The number of nitrogens with zero attached hydrogens (tertiary/aromatic N) is 3. The van der Waals surface area contributed by atoms with Crippen molar-refractivity contribution in [3.05, 3.63) is 58.9 Å². The maximum absolute atomic E-state index is 6.15. The van der Waals surface area contributed by atoms with Crippen LogP contribution in [0.5, 0.6) is 0 Å². The van der Waals surface area contributed by atoms with Crippen molar-refractivity contribution in [3.63, 3.8) is 0 Å². The highest BCUT2D eigenvalue weighted by Gasteiger charge is 2.22. The van der Waals surface area contributed by atoms with Crippen LogP contribution in [0.2, 0.25) is 5.02 Å². The lowest BCUT2D eigenvalue weighted by molar-refractivity contribution is 1.06. The third-order valence-corrected chi connectivity index (χ3v) is 4.56. The molecule has 6 heteroatoms. The minimum atomic E-state index is 0.478. The summed E-state index contributed by atoms with van der Waals surface area (Å²) in [5.41, 5.74) is 4.97. The third-order valence-electron chi connectivity index (χ3n) is 4.34. The van der Waals surface area contributed by atoms with Gasteiger partial charge in [0.05, 0.1) is 5.69 Å². The van der Waals surface area contributed by atoms with E-state index in [9.17, 15) is 0 Å². The number of hydrogen-bond donors (Lipinski definition) is 2. The summed E-state index contributed by atoms with van der Waals surface area (Å²) in [5, 5.41) is 7.56. The van der Waals surface area contributed by atoms with Crippen LogP contribution in [-0.2, 0) is 0 Å². The maximum Gasteiger partial charge on any atom is 0.225 e. The lowest BCUT2D eigenvalue weighted by Crippen LogP contribution is -2.08. The highest BCUT2D eigenvalue weighted by Crippen LogP contribution is 2.30. The molecule has 2 aromatic heterocycles. The van der Waals surface area contributed by atoms with Gasteiger partial charge in [-0.25, -0.2) is 4.98 Å². The van der Waals surface area contributed by atoms with Crippen LogP contribution in [0, 0.1) is 13.8 Å². The Morgan fingerprint density at radius 3 is 2.50 bits per heavy atom. The average molecular weight is 366 g/mol. The molecule has 4 rings (SSSR count). The minimum absolute atomic E-state index is 0.478. The van der Waals surface area contributed by atoms with E-state index in [1.165, 1.54) is 12.8 Å². The second-order valence-electron chi connectivity index (χ2n) is 6.66. The topological polar surface area (TPSA) is 62.7 Å². The van der Waals surface area contributed by atoms with E-state index in [-0.39, 0.29) is 0 Å². The Hall–Kier alpha value is -2.66. The molecule has 2 heterocycles. The number of aryl methyl sites for hydroxylation is 2. The summed E-state index contributed by atoms with van der Waals surface area (Å²) >= 11 is 6.15. The molecule has 0 bridgehead atoms. The quantitative estimate of drug-likeness (QED) is 0.656. The highest BCUT2D eigenvalue weighted by atomic mass is 35.5. The molecule has 132 valence electrons. The Labute approximate surface area is 157 Å². The van der Waals surface area contributed by atoms with Crippen LogP contribution in [0.1, 0.15) is 24.0 Å². The fraction of sp³-hybridized carbons (Fsp3) is 0.250. The second-order valence-corrected chi connectivity index (χ2v) is 7.10. The van der Waals surface area contributed by atoms with Gasteiger partial charge in [0.25, 0.3) is 0 Å². The molecule has 0 aliphatic heterocycles. The zero-order chi connectivity index (χ0) is 18.1. The number of rotatable bonds is 5. The fourth-order valence-corrected chi connectivity index (χ4v) is 3.21. The van der Waals surface area contributed by atoms with Crippen LogP contribution >= 0.6 is 11.6 Å². The van der Waals surface area contributed by atoms with Crippen LogP contribution in [0.25, 0.3) is 11.3 Å². The van der Waals surface area contributed by atoms with E-state index in [1.54, 1.807) is 6.20 Å². The largest absolute Gasteiger partial charge is 0.351 e. The minimum Gasteiger partial charge on any atom is -0.351 e. The summed E-state index contributed by atoms with van der Waals surface area (Å²) < 4.78 is 0. The summed E-state index contributed by atoms with van der Waals surface area (Å²) in [5.74, 6) is 1.39. The van der Waals surface area contributed by atoms with Crippen molar-refractivity contribution in [2.45, 2.75) is 32.7 Å². The van der Waals surface area contributed by atoms with Crippen molar-refractivity contribution < 1.29 is 0 Å². The Morgan fingerprint density at radius 2 is 1.85 bits per heavy atom. The zero-order valence-electron chi connectivity index (χ0n) is 14.8. The van der Waals surface area contributed by atoms with Crippen molar-refractivity contribution in [2.24, 2.45) is 0 Å². The first-order chi connectivity index (χ1) is 12.6. The SMILES string of the molecule is Cc1cc(Cl)cc(C)c1Nc1cc(-c2cccnc2)nc(NC2CC2)n1. The lowest BCUT2D eigenvalue weighted by Gasteiger charge is -2.15. The van der Waals surface area contributed by atoms with Gasteiger partial charge >= 0.3 is 0 Å². The molecule has 1 saturated carbocycles. The Balaban J connectivity index is 1.73.